The van der Waals surface area contributed by atoms with Crippen LogP contribution >= 0.6 is 11.6 Å². The number of carbonyl (C=O) groups is 1. The van der Waals surface area contributed by atoms with Gasteiger partial charge in [-0.1, -0.05) is 42.0 Å². The van der Waals surface area contributed by atoms with E-state index in [0.717, 1.165) is 11.2 Å². The van der Waals surface area contributed by atoms with Crippen molar-refractivity contribution in [2.75, 3.05) is 17.5 Å². The molecule has 0 saturated heterocycles. The third kappa shape index (κ3) is 6.65. The van der Waals surface area contributed by atoms with Crippen LogP contribution in [0, 0.1) is 0 Å². The Morgan fingerprint density at radius 3 is 2.68 bits per heavy atom. The summed E-state index contributed by atoms with van der Waals surface area (Å²) in [5, 5.41) is 13.5. The summed E-state index contributed by atoms with van der Waals surface area (Å²) in [6, 6.07) is 9.01. The van der Waals surface area contributed by atoms with Crippen LogP contribution in [0.1, 0.15) is 50.3 Å². The molecule has 0 saturated carbocycles. The number of aliphatic carboxylic acids is 1. The number of aromatic nitrogens is 2. The van der Waals surface area contributed by atoms with Gasteiger partial charge in [0.1, 0.15) is 11.9 Å². The van der Waals surface area contributed by atoms with Gasteiger partial charge in [0.25, 0.3) is 21.8 Å². The smallest absolute Gasteiger partial charge is 0.303 e. The minimum atomic E-state index is -4.25. The molecule has 1 N–H and O–H groups in total. The number of sulfonamides is 1. The first-order valence-corrected chi connectivity index (χ1v) is 14.8. The molecule has 0 spiro atoms. The van der Waals surface area contributed by atoms with Gasteiger partial charge in [-0.05, 0) is 44.0 Å². The SMILES string of the molecule is CCOc1nn(CC)cc1S(=O)(=O)N1C[C@H](CCC(=O)O)Oc2ccc(/C=C/c3c(Cl)cccc3C(C)(F)F)cc21. The molecule has 0 amide bonds. The van der Waals surface area contributed by atoms with E-state index < -0.39 is 28.0 Å². The summed E-state index contributed by atoms with van der Waals surface area (Å²) >= 11 is 6.24. The quantitative estimate of drug-likeness (QED) is 0.263. The third-order valence-electron chi connectivity index (χ3n) is 6.43. The molecule has 220 valence electrons. The summed E-state index contributed by atoms with van der Waals surface area (Å²) in [6.07, 6.45) is 3.52. The second-order valence-electron chi connectivity index (χ2n) is 9.45. The van der Waals surface area contributed by atoms with Gasteiger partial charge in [0.15, 0.2) is 4.90 Å². The number of ether oxygens (including phenoxy) is 2. The number of benzene rings is 2. The number of nitrogens with zero attached hydrogens (tertiary/aromatic N) is 3. The van der Waals surface area contributed by atoms with Crippen molar-refractivity contribution in [1.82, 2.24) is 9.78 Å². The van der Waals surface area contributed by atoms with Crippen molar-refractivity contribution >= 4 is 45.4 Å². The number of alkyl halides is 2. The van der Waals surface area contributed by atoms with Gasteiger partial charge in [-0.25, -0.2) is 17.2 Å². The van der Waals surface area contributed by atoms with Gasteiger partial charge in [-0.3, -0.25) is 13.8 Å². The van der Waals surface area contributed by atoms with E-state index in [1.54, 1.807) is 31.2 Å². The van der Waals surface area contributed by atoms with E-state index in [-0.39, 0.29) is 64.4 Å². The minimum absolute atomic E-state index is 0.0488. The molecule has 3 aromatic rings. The van der Waals surface area contributed by atoms with Crippen LogP contribution in [-0.2, 0) is 27.3 Å². The molecule has 0 fully saturated rings. The van der Waals surface area contributed by atoms with E-state index in [4.69, 9.17) is 26.2 Å². The Balaban J connectivity index is 1.79. The van der Waals surface area contributed by atoms with Crippen LogP contribution in [-0.4, -0.2) is 48.5 Å². The lowest BCUT2D eigenvalue weighted by atomic mass is 10.0. The fourth-order valence-electron chi connectivity index (χ4n) is 4.44. The normalized spacial score (nSPS) is 15.6. The molecular formula is C28H30ClF2N3O6S. The number of carboxylic acid groups (broad SMARTS) is 1. The standard InChI is InChI=1S/C28H30ClF2N3O6S/c1-4-33-17-25(27(32-33)39-5-2)41(37,38)34-16-19(11-14-26(35)36)40-24-13-10-18(15-23(24)34)9-12-20-21(28(3,30)31)7-6-8-22(20)29/h6-10,12-13,15,17,19H,4-5,11,14,16H2,1-3H3,(H,35,36)/b12-9+/t19-/m0/s1. The van der Waals surface area contributed by atoms with Crippen molar-refractivity contribution in [2.45, 2.75) is 57.1 Å². The first-order chi connectivity index (χ1) is 19.3. The zero-order valence-electron chi connectivity index (χ0n) is 22.7. The number of aryl methyl sites for hydroxylation is 1. The highest BCUT2D eigenvalue weighted by Crippen LogP contribution is 2.41. The second-order valence-corrected chi connectivity index (χ2v) is 11.7. The Morgan fingerprint density at radius 1 is 1.27 bits per heavy atom. The van der Waals surface area contributed by atoms with Crippen molar-refractivity contribution in [1.29, 1.82) is 0 Å². The number of anilines is 1. The van der Waals surface area contributed by atoms with E-state index in [1.165, 1.54) is 35.2 Å². The van der Waals surface area contributed by atoms with E-state index in [2.05, 4.69) is 5.10 Å². The van der Waals surface area contributed by atoms with Gasteiger partial charge in [0, 0.05) is 42.2 Å². The van der Waals surface area contributed by atoms with Crippen molar-refractivity contribution < 1.29 is 36.6 Å². The van der Waals surface area contributed by atoms with E-state index in [0.29, 0.717) is 12.1 Å². The summed E-state index contributed by atoms with van der Waals surface area (Å²) in [7, 11) is -4.25. The van der Waals surface area contributed by atoms with Crippen LogP contribution in [0.15, 0.2) is 47.5 Å². The highest BCUT2D eigenvalue weighted by atomic mass is 35.5. The molecule has 9 nitrogen and oxygen atoms in total. The van der Waals surface area contributed by atoms with Crippen LogP contribution in [0.2, 0.25) is 5.02 Å². The van der Waals surface area contributed by atoms with Gasteiger partial charge >= 0.3 is 5.97 Å². The van der Waals surface area contributed by atoms with Crippen molar-refractivity contribution in [2.24, 2.45) is 0 Å². The lowest BCUT2D eigenvalue weighted by Crippen LogP contribution is -2.43. The molecule has 41 heavy (non-hydrogen) atoms. The van der Waals surface area contributed by atoms with Crippen LogP contribution in [0.3, 0.4) is 0 Å². The lowest BCUT2D eigenvalue weighted by molar-refractivity contribution is -0.137. The van der Waals surface area contributed by atoms with Crippen LogP contribution < -0.4 is 13.8 Å². The molecule has 0 bridgehead atoms. The molecule has 1 aromatic heterocycles. The Kier molecular flexibility index (Phi) is 8.93. The van der Waals surface area contributed by atoms with Crippen molar-refractivity contribution in [3.63, 3.8) is 0 Å². The molecule has 2 heterocycles. The Bertz CT molecular complexity index is 1570. The van der Waals surface area contributed by atoms with Gasteiger partial charge < -0.3 is 14.6 Å². The number of fused-ring (bicyclic) bond motifs is 1. The molecule has 0 aliphatic carbocycles. The molecule has 1 aliphatic rings. The number of halogens is 3. The average molecular weight is 610 g/mol. The molecule has 0 unspecified atom stereocenters. The molecular weight excluding hydrogens is 580 g/mol. The van der Waals surface area contributed by atoms with Crippen molar-refractivity contribution in [3.8, 4) is 11.6 Å². The maximum atomic E-state index is 14.2. The van der Waals surface area contributed by atoms with Gasteiger partial charge in [0.05, 0.1) is 18.8 Å². The van der Waals surface area contributed by atoms with Gasteiger partial charge in [0.2, 0.25) is 0 Å². The maximum Gasteiger partial charge on any atom is 0.303 e. The van der Waals surface area contributed by atoms with Crippen molar-refractivity contribution in [3.05, 3.63) is 64.3 Å². The topological polar surface area (TPSA) is 111 Å². The Labute approximate surface area is 242 Å². The number of rotatable bonds is 11. The number of hydrogen-bond acceptors (Lipinski definition) is 6. The average Bonchev–Trinajstić information content (AvgIpc) is 3.34. The highest BCUT2D eigenvalue weighted by molar-refractivity contribution is 7.93. The maximum absolute atomic E-state index is 14.2. The fourth-order valence-corrected chi connectivity index (χ4v) is 6.26. The second kappa shape index (κ2) is 12.1. The zero-order valence-corrected chi connectivity index (χ0v) is 24.3. The molecule has 1 atom stereocenters. The van der Waals surface area contributed by atoms with E-state index in [1.807, 2.05) is 6.92 Å². The van der Waals surface area contributed by atoms with Crippen LogP contribution in [0.25, 0.3) is 12.2 Å². The largest absolute Gasteiger partial charge is 0.486 e. The van der Waals surface area contributed by atoms with E-state index in [9.17, 15) is 22.0 Å². The Morgan fingerprint density at radius 2 is 2.02 bits per heavy atom. The highest BCUT2D eigenvalue weighted by Gasteiger charge is 2.38. The van der Waals surface area contributed by atoms with E-state index >= 15 is 0 Å². The fraction of sp³-hybridized carbons (Fsp3) is 0.357. The third-order valence-corrected chi connectivity index (χ3v) is 8.52. The first-order valence-electron chi connectivity index (χ1n) is 13.0. The van der Waals surface area contributed by atoms with Gasteiger partial charge in [-0.15, -0.1) is 5.10 Å². The van der Waals surface area contributed by atoms with Crippen LogP contribution in [0.5, 0.6) is 11.6 Å². The van der Waals surface area contributed by atoms with Crippen LogP contribution in [0.4, 0.5) is 14.5 Å². The molecule has 2 aromatic carbocycles. The summed E-state index contributed by atoms with van der Waals surface area (Å²) in [4.78, 5) is 11.1. The molecule has 0 radical (unpaired) electrons. The monoisotopic (exact) mass is 609 g/mol. The molecule has 4 rings (SSSR count). The summed E-state index contributed by atoms with van der Waals surface area (Å²) < 4.78 is 70.6. The Hall–Kier alpha value is -3.64. The summed E-state index contributed by atoms with van der Waals surface area (Å²) in [5.41, 5.74) is 0.591. The first kappa shape index (κ1) is 30.3. The molecule has 1 aliphatic heterocycles. The zero-order chi connectivity index (χ0) is 29.9. The summed E-state index contributed by atoms with van der Waals surface area (Å²) in [6.45, 7) is 4.75. The minimum Gasteiger partial charge on any atom is -0.486 e. The predicted octanol–water partition coefficient (Wildman–Crippen LogP) is 6.06. The molecule has 13 heteroatoms. The predicted molar refractivity (Wildman–Crippen MR) is 151 cm³/mol. The van der Waals surface area contributed by atoms with Gasteiger partial charge in [-0.2, -0.15) is 0 Å². The lowest BCUT2D eigenvalue weighted by Gasteiger charge is -2.35. The number of carboxylic acids is 1. The number of hydrogen-bond donors (Lipinski definition) is 1. The summed E-state index contributed by atoms with van der Waals surface area (Å²) in [5.74, 6) is -3.99.